The average molecular weight is 306 g/mol. The van der Waals surface area contributed by atoms with E-state index >= 15 is 0 Å². The number of ether oxygens (including phenoxy) is 1. The quantitative estimate of drug-likeness (QED) is 0.683. The van der Waals surface area contributed by atoms with E-state index < -0.39 is 0 Å². The standard InChI is InChI=1S/C13H18BrClO/c1-10(5-7-14)6-8-16-13-4-3-12(15)9-11(13)2/h3-4,9-10H,5-8H2,1-2H3. The van der Waals surface area contributed by atoms with Gasteiger partial charge in [0.25, 0.3) is 0 Å². The van der Waals surface area contributed by atoms with Crippen LogP contribution < -0.4 is 4.74 Å². The van der Waals surface area contributed by atoms with Gasteiger partial charge in [0.2, 0.25) is 0 Å². The lowest BCUT2D eigenvalue weighted by Crippen LogP contribution is -2.05. The monoisotopic (exact) mass is 304 g/mol. The summed E-state index contributed by atoms with van der Waals surface area (Å²) in [6.07, 6.45) is 2.29. The van der Waals surface area contributed by atoms with Crippen LogP contribution in [-0.4, -0.2) is 11.9 Å². The summed E-state index contributed by atoms with van der Waals surface area (Å²) < 4.78 is 5.73. The molecule has 0 aromatic heterocycles. The summed E-state index contributed by atoms with van der Waals surface area (Å²) in [5.41, 5.74) is 1.10. The van der Waals surface area contributed by atoms with Gasteiger partial charge in [0, 0.05) is 10.4 Å². The number of aryl methyl sites for hydroxylation is 1. The largest absolute Gasteiger partial charge is 0.493 e. The van der Waals surface area contributed by atoms with Gasteiger partial charge in [0.1, 0.15) is 5.75 Å². The first kappa shape index (κ1) is 13.9. The molecule has 0 amide bonds. The molecule has 0 spiro atoms. The summed E-state index contributed by atoms with van der Waals surface area (Å²) in [4.78, 5) is 0. The predicted molar refractivity (Wildman–Crippen MR) is 73.9 cm³/mol. The van der Waals surface area contributed by atoms with Crippen molar-refractivity contribution in [2.75, 3.05) is 11.9 Å². The first-order chi connectivity index (χ1) is 7.63. The Bertz CT molecular complexity index is 328. The van der Waals surface area contributed by atoms with Crippen LogP contribution in [0.5, 0.6) is 5.75 Å². The zero-order chi connectivity index (χ0) is 12.0. The third-order valence-corrected chi connectivity index (χ3v) is 3.30. The maximum atomic E-state index is 5.88. The van der Waals surface area contributed by atoms with Crippen LogP contribution in [0.15, 0.2) is 18.2 Å². The van der Waals surface area contributed by atoms with Gasteiger partial charge in [0.15, 0.2) is 0 Å². The molecule has 1 unspecified atom stereocenters. The average Bonchev–Trinajstić information content (AvgIpc) is 2.22. The number of alkyl halides is 1. The number of benzene rings is 1. The Morgan fingerprint density at radius 1 is 1.38 bits per heavy atom. The molecular formula is C13H18BrClO. The summed E-state index contributed by atoms with van der Waals surface area (Å²) in [6.45, 7) is 5.04. The van der Waals surface area contributed by atoms with Crippen molar-refractivity contribution >= 4 is 27.5 Å². The van der Waals surface area contributed by atoms with E-state index in [4.69, 9.17) is 16.3 Å². The van der Waals surface area contributed by atoms with Crippen molar-refractivity contribution in [3.8, 4) is 5.75 Å². The fourth-order valence-electron chi connectivity index (χ4n) is 1.48. The van der Waals surface area contributed by atoms with Crippen molar-refractivity contribution in [1.82, 2.24) is 0 Å². The van der Waals surface area contributed by atoms with Crippen LogP contribution in [0.3, 0.4) is 0 Å². The second-order valence-corrected chi connectivity index (χ2v) is 5.36. The molecule has 0 N–H and O–H groups in total. The van der Waals surface area contributed by atoms with Gasteiger partial charge in [-0.25, -0.2) is 0 Å². The van der Waals surface area contributed by atoms with E-state index in [0.29, 0.717) is 5.92 Å². The molecule has 1 rings (SSSR count). The smallest absolute Gasteiger partial charge is 0.122 e. The molecule has 0 fully saturated rings. The van der Waals surface area contributed by atoms with E-state index in [1.807, 2.05) is 25.1 Å². The summed E-state index contributed by atoms with van der Waals surface area (Å²) in [7, 11) is 0. The summed E-state index contributed by atoms with van der Waals surface area (Å²) in [5, 5.41) is 1.83. The minimum absolute atomic E-state index is 0.701. The Morgan fingerprint density at radius 2 is 2.12 bits per heavy atom. The fourth-order valence-corrected chi connectivity index (χ4v) is 2.48. The van der Waals surface area contributed by atoms with E-state index in [9.17, 15) is 0 Å². The van der Waals surface area contributed by atoms with Crippen molar-refractivity contribution in [2.24, 2.45) is 5.92 Å². The first-order valence-electron chi connectivity index (χ1n) is 5.58. The van der Waals surface area contributed by atoms with Crippen molar-refractivity contribution in [3.63, 3.8) is 0 Å². The van der Waals surface area contributed by atoms with Crippen molar-refractivity contribution in [2.45, 2.75) is 26.7 Å². The third kappa shape index (κ3) is 4.75. The second-order valence-electron chi connectivity index (χ2n) is 4.13. The van der Waals surface area contributed by atoms with Gasteiger partial charge in [-0.2, -0.15) is 0 Å². The van der Waals surface area contributed by atoms with E-state index in [0.717, 1.165) is 34.7 Å². The Kier molecular flexibility index (Phi) is 6.22. The van der Waals surface area contributed by atoms with E-state index in [1.54, 1.807) is 0 Å². The molecule has 16 heavy (non-hydrogen) atoms. The number of rotatable bonds is 6. The highest BCUT2D eigenvalue weighted by Crippen LogP contribution is 2.22. The highest BCUT2D eigenvalue weighted by Gasteiger charge is 2.03. The van der Waals surface area contributed by atoms with E-state index in [2.05, 4.69) is 22.9 Å². The lowest BCUT2D eigenvalue weighted by atomic mass is 10.1. The van der Waals surface area contributed by atoms with Crippen molar-refractivity contribution in [3.05, 3.63) is 28.8 Å². The van der Waals surface area contributed by atoms with E-state index in [-0.39, 0.29) is 0 Å². The molecule has 0 radical (unpaired) electrons. The van der Waals surface area contributed by atoms with Gasteiger partial charge in [-0.15, -0.1) is 0 Å². The molecule has 0 aliphatic heterocycles. The van der Waals surface area contributed by atoms with Crippen LogP contribution >= 0.6 is 27.5 Å². The summed E-state index contributed by atoms with van der Waals surface area (Å²) in [6, 6.07) is 5.73. The molecule has 90 valence electrons. The molecule has 0 bridgehead atoms. The van der Waals surface area contributed by atoms with Crippen LogP contribution in [0, 0.1) is 12.8 Å². The molecular weight excluding hydrogens is 287 g/mol. The van der Waals surface area contributed by atoms with Gasteiger partial charge in [0.05, 0.1) is 6.61 Å². The van der Waals surface area contributed by atoms with Gasteiger partial charge in [-0.3, -0.25) is 0 Å². The molecule has 1 aromatic carbocycles. The number of hydrogen-bond acceptors (Lipinski definition) is 1. The Balaban J connectivity index is 2.37. The Labute approximate surface area is 111 Å². The Hall–Kier alpha value is -0.210. The van der Waals surface area contributed by atoms with Crippen molar-refractivity contribution < 1.29 is 4.74 Å². The SMILES string of the molecule is Cc1cc(Cl)ccc1OCCC(C)CCBr. The van der Waals surface area contributed by atoms with Crippen LogP contribution in [0.25, 0.3) is 0 Å². The third-order valence-electron chi connectivity index (χ3n) is 2.61. The molecule has 1 nitrogen and oxygen atoms in total. The number of halogens is 2. The molecule has 3 heteroatoms. The van der Waals surface area contributed by atoms with Crippen molar-refractivity contribution in [1.29, 1.82) is 0 Å². The molecule has 0 saturated carbocycles. The molecule has 1 aromatic rings. The highest BCUT2D eigenvalue weighted by atomic mass is 79.9. The lowest BCUT2D eigenvalue weighted by molar-refractivity contribution is 0.281. The first-order valence-corrected chi connectivity index (χ1v) is 7.08. The summed E-state index contributed by atoms with van der Waals surface area (Å²) >= 11 is 9.33. The zero-order valence-corrected chi connectivity index (χ0v) is 12.1. The Morgan fingerprint density at radius 3 is 2.75 bits per heavy atom. The maximum absolute atomic E-state index is 5.88. The normalized spacial score (nSPS) is 12.5. The van der Waals surface area contributed by atoms with Gasteiger partial charge < -0.3 is 4.74 Å². The predicted octanol–water partition coefficient (Wildman–Crippen LogP) is 4.84. The minimum Gasteiger partial charge on any atom is -0.493 e. The molecule has 0 saturated heterocycles. The van der Waals surface area contributed by atoms with Crippen LogP contribution in [-0.2, 0) is 0 Å². The molecule has 1 atom stereocenters. The topological polar surface area (TPSA) is 9.23 Å². The minimum atomic E-state index is 0.701. The fraction of sp³-hybridized carbons (Fsp3) is 0.538. The van der Waals surface area contributed by atoms with Crippen LogP contribution in [0.4, 0.5) is 0 Å². The molecule has 0 aliphatic rings. The van der Waals surface area contributed by atoms with Gasteiger partial charge in [-0.05, 0) is 49.4 Å². The zero-order valence-electron chi connectivity index (χ0n) is 9.80. The molecule has 0 aliphatic carbocycles. The van der Waals surface area contributed by atoms with Crippen LogP contribution in [0.1, 0.15) is 25.3 Å². The second kappa shape index (κ2) is 7.18. The number of hydrogen-bond donors (Lipinski definition) is 0. The maximum Gasteiger partial charge on any atom is 0.122 e. The van der Waals surface area contributed by atoms with Gasteiger partial charge >= 0.3 is 0 Å². The van der Waals surface area contributed by atoms with E-state index in [1.165, 1.54) is 6.42 Å². The molecule has 0 heterocycles. The lowest BCUT2D eigenvalue weighted by Gasteiger charge is -2.12. The summed E-state index contributed by atoms with van der Waals surface area (Å²) in [5.74, 6) is 1.64. The highest BCUT2D eigenvalue weighted by molar-refractivity contribution is 9.09. The van der Waals surface area contributed by atoms with Crippen LogP contribution in [0.2, 0.25) is 5.02 Å². The van der Waals surface area contributed by atoms with Gasteiger partial charge in [-0.1, -0.05) is 34.5 Å².